The molecule has 0 atom stereocenters. The summed E-state index contributed by atoms with van der Waals surface area (Å²) < 4.78 is 1.70. The average molecular weight is 475 g/mol. The molecule has 4 aromatic rings. The number of carbonyl (C=O) groups is 1. The molecule has 4 rings (SSSR count). The van der Waals surface area contributed by atoms with Crippen LogP contribution in [0.3, 0.4) is 0 Å². The summed E-state index contributed by atoms with van der Waals surface area (Å²) in [5.41, 5.74) is 1.36. The highest BCUT2D eigenvalue weighted by atomic mass is 32.2. The molecule has 10 heteroatoms. The molecular formula is C21H22N4O3S3. The van der Waals surface area contributed by atoms with Crippen LogP contribution in [0.2, 0.25) is 0 Å². The predicted molar refractivity (Wildman–Crippen MR) is 128 cm³/mol. The molecule has 0 bridgehead atoms. The van der Waals surface area contributed by atoms with Crippen molar-refractivity contribution in [3.63, 3.8) is 0 Å². The van der Waals surface area contributed by atoms with E-state index in [-0.39, 0.29) is 22.9 Å². The van der Waals surface area contributed by atoms with Crippen molar-refractivity contribution in [2.75, 3.05) is 0 Å². The highest BCUT2D eigenvalue weighted by Crippen LogP contribution is 2.31. The van der Waals surface area contributed by atoms with Crippen molar-refractivity contribution in [2.24, 2.45) is 0 Å². The standard InChI is InChI=1S/C21H22N4O3S3/c1-8(2)25-20(28)15-9(3)12(6)30-19(15)24-21(25)29-7-13-22-17(27)14-10(4)16(11(5)26)31-18(14)23-13/h8H,7H2,1-6H3,(H,22,23,27). The van der Waals surface area contributed by atoms with Crippen molar-refractivity contribution in [2.45, 2.75) is 58.5 Å². The summed E-state index contributed by atoms with van der Waals surface area (Å²) >= 11 is 4.13. The van der Waals surface area contributed by atoms with Gasteiger partial charge in [0.05, 0.1) is 21.4 Å². The van der Waals surface area contributed by atoms with E-state index >= 15 is 0 Å². The van der Waals surface area contributed by atoms with E-state index in [0.717, 1.165) is 15.3 Å². The van der Waals surface area contributed by atoms with E-state index in [1.54, 1.807) is 11.5 Å². The molecule has 0 aliphatic heterocycles. The molecular weight excluding hydrogens is 452 g/mol. The van der Waals surface area contributed by atoms with Crippen LogP contribution in [0.4, 0.5) is 0 Å². The Balaban J connectivity index is 1.76. The van der Waals surface area contributed by atoms with Gasteiger partial charge in [0.2, 0.25) is 0 Å². The van der Waals surface area contributed by atoms with E-state index in [4.69, 9.17) is 4.98 Å². The molecule has 0 saturated carbocycles. The fourth-order valence-corrected chi connectivity index (χ4v) is 6.74. The average Bonchev–Trinajstić information content (AvgIpc) is 3.16. The fraction of sp³-hybridized carbons (Fsp3) is 0.381. The van der Waals surface area contributed by atoms with Gasteiger partial charge in [0.1, 0.15) is 15.5 Å². The van der Waals surface area contributed by atoms with Crippen molar-refractivity contribution in [3.05, 3.63) is 47.4 Å². The zero-order valence-corrected chi connectivity index (χ0v) is 20.5. The number of ketones is 1. The summed E-state index contributed by atoms with van der Waals surface area (Å²) in [5.74, 6) is 0.767. The minimum absolute atomic E-state index is 0.0405. The quantitative estimate of drug-likeness (QED) is 0.254. The Morgan fingerprint density at radius 1 is 1.06 bits per heavy atom. The highest BCUT2D eigenvalue weighted by molar-refractivity contribution is 7.98. The Bertz CT molecular complexity index is 1470. The maximum absolute atomic E-state index is 13.2. The first-order valence-corrected chi connectivity index (χ1v) is 12.4. The smallest absolute Gasteiger partial charge is 0.263 e. The third-order valence-electron chi connectivity index (χ3n) is 5.23. The fourth-order valence-electron chi connectivity index (χ4n) is 3.57. The van der Waals surface area contributed by atoms with Crippen LogP contribution < -0.4 is 11.1 Å². The Hall–Kier alpha value is -2.30. The number of hydrogen-bond donors (Lipinski definition) is 1. The summed E-state index contributed by atoms with van der Waals surface area (Å²) in [6, 6.07) is -0.0564. The van der Waals surface area contributed by atoms with E-state index in [1.807, 2.05) is 27.7 Å². The molecule has 0 saturated heterocycles. The van der Waals surface area contributed by atoms with Gasteiger partial charge in [-0.2, -0.15) is 0 Å². The number of aryl methyl sites for hydroxylation is 3. The normalized spacial score (nSPS) is 11.8. The lowest BCUT2D eigenvalue weighted by atomic mass is 10.2. The lowest BCUT2D eigenvalue weighted by Gasteiger charge is -2.15. The Kier molecular flexibility index (Phi) is 5.65. The van der Waals surface area contributed by atoms with Crippen molar-refractivity contribution in [1.82, 2.24) is 19.5 Å². The number of nitrogens with one attached hydrogen (secondary N) is 1. The monoisotopic (exact) mass is 474 g/mol. The number of carbonyl (C=O) groups excluding carboxylic acids is 1. The second kappa shape index (κ2) is 7.99. The van der Waals surface area contributed by atoms with Crippen LogP contribution in [0.5, 0.6) is 0 Å². The first kappa shape index (κ1) is 21.9. The van der Waals surface area contributed by atoms with Crippen molar-refractivity contribution in [1.29, 1.82) is 0 Å². The first-order chi connectivity index (χ1) is 14.6. The second-order valence-electron chi connectivity index (χ2n) is 7.72. The maximum Gasteiger partial charge on any atom is 0.263 e. The van der Waals surface area contributed by atoms with Gasteiger partial charge in [-0.15, -0.1) is 22.7 Å². The van der Waals surface area contributed by atoms with Crippen LogP contribution in [-0.4, -0.2) is 25.3 Å². The number of thioether (sulfide) groups is 1. The third-order valence-corrected chi connectivity index (χ3v) is 8.58. The number of fused-ring (bicyclic) bond motifs is 2. The summed E-state index contributed by atoms with van der Waals surface area (Å²) in [7, 11) is 0. The summed E-state index contributed by atoms with van der Waals surface area (Å²) in [4.78, 5) is 52.7. The minimum Gasteiger partial charge on any atom is -0.309 e. The topological polar surface area (TPSA) is 97.7 Å². The molecule has 0 unspecified atom stereocenters. The lowest BCUT2D eigenvalue weighted by molar-refractivity contribution is 0.102. The van der Waals surface area contributed by atoms with E-state index in [9.17, 15) is 14.4 Å². The van der Waals surface area contributed by atoms with Gasteiger partial charge in [-0.1, -0.05) is 11.8 Å². The van der Waals surface area contributed by atoms with Gasteiger partial charge < -0.3 is 4.98 Å². The molecule has 4 heterocycles. The molecule has 0 aromatic carbocycles. The van der Waals surface area contributed by atoms with Crippen molar-refractivity contribution < 1.29 is 4.79 Å². The number of H-pyrrole nitrogens is 1. The van der Waals surface area contributed by atoms with Crippen LogP contribution in [0.1, 0.15) is 58.3 Å². The SMILES string of the molecule is CC(=O)c1sc2nc(CSc3nc4sc(C)c(C)c4c(=O)n3C(C)C)[nH]c(=O)c2c1C. The maximum atomic E-state index is 13.2. The number of rotatable bonds is 5. The van der Waals surface area contributed by atoms with E-state index in [1.165, 1.54) is 41.4 Å². The number of hydrogen-bond acceptors (Lipinski definition) is 8. The zero-order chi connectivity index (χ0) is 22.6. The molecule has 0 aliphatic carbocycles. The lowest BCUT2D eigenvalue weighted by Crippen LogP contribution is -2.25. The molecule has 31 heavy (non-hydrogen) atoms. The zero-order valence-electron chi connectivity index (χ0n) is 18.1. The molecule has 162 valence electrons. The van der Waals surface area contributed by atoms with Gasteiger partial charge in [-0.25, -0.2) is 9.97 Å². The number of aromatic amines is 1. The molecule has 0 aliphatic rings. The van der Waals surface area contributed by atoms with Crippen molar-refractivity contribution in [3.8, 4) is 0 Å². The number of aromatic nitrogens is 4. The summed E-state index contributed by atoms with van der Waals surface area (Å²) in [6.45, 7) is 11.1. The minimum atomic E-state index is -0.254. The third kappa shape index (κ3) is 3.66. The van der Waals surface area contributed by atoms with Crippen LogP contribution in [-0.2, 0) is 5.75 Å². The van der Waals surface area contributed by atoms with Crippen LogP contribution in [0.15, 0.2) is 14.7 Å². The molecule has 4 aromatic heterocycles. The van der Waals surface area contributed by atoms with Gasteiger partial charge in [0, 0.05) is 10.9 Å². The van der Waals surface area contributed by atoms with Gasteiger partial charge >= 0.3 is 0 Å². The molecule has 0 fully saturated rings. The molecule has 0 spiro atoms. The summed E-state index contributed by atoms with van der Waals surface area (Å²) in [6.07, 6.45) is 0. The Morgan fingerprint density at radius 3 is 2.39 bits per heavy atom. The van der Waals surface area contributed by atoms with E-state index < -0.39 is 0 Å². The van der Waals surface area contributed by atoms with E-state index in [0.29, 0.717) is 42.8 Å². The van der Waals surface area contributed by atoms with Crippen LogP contribution in [0.25, 0.3) is 20.4 Å². The van der Waals surface area contributed by atoms with Crippen molar-refractivity contribution >= 4 is 60.7 Å². The van der Waals surface area contributed by atoms with E-state index in [2.05, 4.69) is 9.97 Å². The largest absolute Gasteiger partial charge is 0.309 e. The Morgan fingerprint density at radius 2 is 1.74 bits per heavy atom. The predicted octanol–water partition coefficient (Wildman–Crippen LogP) is 4.76. The van der Waals surface area contributed by atoms with Crippen LogP contribution in [0, 0.1) is 20.8 Å². The van der Waals surface area contributed by atoms with Gasteiger partial charge in [0.25, 0.3) is 11.1 Å². The number of thiophene rings is 2. The molecule has 7 nitrogen and oxygen atoms in total. The van der Waals surface area contributed by atoms with Gasteiger partial charge in [0.15, 0.2) is 10.9 Å². The molecule has 1 N–H and O–H groups in total. The Labute approximate surface area is 190 Å². The van der Waals surface area contributed by atoms with Gasteiger partial charge in [-0.05, 0) is 52.7 Å². The first-order valence-electron chi connectivity index (χ1n) is 9.78. The molecule has 0 radical (unpaired) electrons. The number of nitrogens with zero attached hydrogens (tertiary/aromatic N) is 3. The summed E-state index contributed by atoms with van der Waals surface area (Å²) in [5, 5.41) is 1.75. The second-order valence-corrected chi connectivity index (χ2v) is 10.9. The number of Topliss-reactive ketones (excluding diaryl/α,β-unsaturated/α-hetero) is 1. The van der Waals surface area contributed by atoms with Crippen LogP contribution >= 0.6 is 34.4 Å². The molecule has 0 amide bonds. The van der Waals surface area contributed by atoms with Gasteiger partial charge in [-0.3, -0.25) is 19.0 Å². The highest BCUT2D eigenvalue weighted by Gasteiger charge is 2.20.